The van der Waals surface area contributed by atoms with E-state index in [4.69, 9.17) is 4.74 Å². The summed E-state index contributed by atoms with van der Waals surface area (Å²) in [6.45, 7) is 1.20. The van der Waals surface area contributed by atoms with Gasteiger partial charge in [0.25, 0.3) is 5.91 Å². The molecule has 1 amide bonds. The predicted molar refractivity (Wildman–Crippen MR) is 125 cm³/mol. The summed E-state index contributed by atoms with van der Waals surface area (Å²) in [5, 5.41) is 16.4. The summed E-state index contributed by atoms with van der Waals surface area (Å²) in [4.78, 5) is 25.3. The maximum atomic E-state index is 12.8. The Labute approximate surface area is 196 Å². The number of nitrogens with one attached hydrogen (secondary N) is 1. The van der Waals surface area contributed by atoms with Crippen LogP contribution in [0.5, 0.6) is 0 Å². The highest BCUT2D eigenvalue weighted by molar-refractivity contribution is 7.91. The van der Waals surface area contributed by atoms with Gasteiger partial charge in [0.2, 0.25) is 0 Å². The van der Waals surface area contributed by atoms with Gasteiger partial charge in [0.15, 0.2) is 16.4 Å². The van der Waals surface area contributed by atoms with Gasteiger partial charge in [0.05, 0.1) is 40.4 Å². The van der Waals surface area contributed by atoms with Crippen LogP contribution in [0.1, 0.15) is 34.1 Å². The van der Waals surface area contributed by atoms with Crippen LogP contribution in [0.25, 0.3) is 11.1 Å². The Balaban J connectivity index is 1.46. The zero-order valence-corrected chi connectivity index (χ0v) is 19.2. The highest BCUT2D eigenvalue weighted by atomic mass is 32.2. The molecular weight excluding hydrogens is 456 g/mol. The molecule has 1 aliphatic heterocycles. The van der Waals surface area contributed by atoms with Crippen molar-refractivity contribution in [3.8, 4) is 17.2 Å². The number of aryl methyl sites for hydroxylation is 1. The Morgan fingerprint density at radius 2 is 1.88 bits per heavy atom. The van der Waals surface area contributed by atoms with Gasteiger partial charge in [-0.2, -0.15) is 10.4 Å². The normalized spacial score (nSPS) is 16.5. The van der Waals surface area contributed by atoms with Gasteiger partial charge < -0.3 is 10.1 Å². The number of benzene rings is 2. The minimum atomic E-state index is -3.13. The molecule has 1 unspecified atom stereocenters. The van der Waals surface area contributed by atoms with Gasteiger partial charge in [0.1, 0.15) is 5.82 Å². The van der Waals surface area contributed by atoms with E-state index in [0.29, 0.717) is 34.6 Å². The highest BCUT2D eigenvalue weighted by Gasteiger charge is 2.31. The molecule has 1 aliphatic rings. The van der Waals surface area contributed by atoms with Crippen molar-refractivity contribution in [2.24, 2.45) is 0 Å². The van der Waals surface area contributed by atoms with Crippen LogP contribution in [0.3, 0.4) is 0 Å². The first-order chi connectivity index (χ1) is 16.3. The van der Waals surface area contributed by atoms with Crippen molar-refractivity contribution in [2.45, 2.75) is 19.4 Å². The van der Waals surface area contributed by atoms with E-state index in [1.165, 1.54) is 4.68 Å². The fourth-order valence-electron chi connectivity index (χ4n) is 3.96. The number of carbonyl (C=O) groups is 2. The third-order valence-electron chi connectivity index (χ3n) is 5.50. The van der Waals surface area contributed by atoms with Crippen LogP contribution < -0.4 is 5.32 Å². The number of amides is 1. The second-order valence-electron chi connectivity index (χ2n) is 8.00. The molecule has 0 saturated carbocycles. The number of nitriles is 1. The molecule has 4 rings (SSSR count). The summed E-state index contributed by atoms with van der Waals surface area (Å²) < 4.78 is 30.4. The predicted octanol–water partition coefficient (Wildman–Crippen LogP) is 2.89. The molecule has 1 aromatic heterocycles. The van der Waals surface area contributed by atoms with Crippen LogP contribution >= 0.6 is 0 Å². The average Bonchev–Trinajstić information content (AvgIpc) is 3.38. The molecule has 34 heavy (non-hydrogen) atoms. The summed E-state index contributed by atoms with van der Waals surface area (Å²) in [7, 11) is -3.13. The summed E-state index contributed by atoms with van der Waals surface area (Å²) >= 11 is 0. The molecule has 1 atom stereocenters. The van der Waals surface area contributed by atoms with Crippen LogP contribution in [-0.4, -0.2) is 48.2 Å². The second kappa shape index (κ2) is 9.49. The van der Waals surface area contributed by atoms with E-state index < -0.39 is 28.3 Å². The number of nitrogens with zero attached hydrogens (tertiary/aromatic N) is 3. The van der Waals surface area contributed by atoms with Crippen molar-refractivity contribution < 1.29 is 22.7 Å². The van der Waals surface area contributed by atoms with Crippen LogP contribution in [0.15, 0.2) is 54.6 Å². The van der Waals surface area contributed by atoms with Crippen molar-refractivity contribution in [3.05, 3.63) is 71.4 Å². The molecule has 9 nitrogen and oxygen atoms in total. The number of hydrogen-bond donors (Lipinski definition) is 1. The van der Waals surface area contributed by atoms with Crippen molar-refractivity contribution in [2.75, 3.05) is 23.4 Å². The lowest BCUT2D eigenvalue weighted by molar-refractivity contribution is -0.119. The first-order valence-corrected chi connectivity index (χ1v) is 12.4. The number of anilines is 1. The van der Waals surface area contributed by atoms with E-state index in [0.717, 1.165) is 0 Å². The molecular formula is C24H22N4O5S. The Morgan fingerprint density at radius 1 is 1.18 bits per heavy atom. The van der Waals surface area contributed by atoms with Crippen molar-refractivity contribution in [1.82, 2.24) is 9.78 Å². The van der Waals surface area contributed by atoms with Gasteiger partial charge >= 0.3 is 5.97 Å². The molecule has 2 heterocycles. The number of carbonyl (C=O) groups excluding carboxylic acids is 2. The van der Waals surface area contributed by atoms with E-state index in [-0.39, 0.29) is 23.1 Å². The third-order valence-corrected chi connectivity index (χ3v) is 7.25. The first-order valence-electron chi connectivity index (χ1n) is 10.6. The van der Waals surface area contributed by atoms with Crippen LogP contribution in [0, 0.1) is 18.3 Å². The molecule has 1 saturated heterocycles. The lowest BCUT2D eigenvalue weighted by atomic mass is 9.96. The Hall–Kier alpha value is -3.97. The number of aromatic nitrogens is 2. The van der Waals surface area contributed by atoms with E-state index in [1.807, 2.05) is 0 Å². The molecule has 1 fully saturated rings. The van der Waals surface area contributed by atoms with Gasteiger partial charge in [0, 0.05) is 11.6 Å². The van der Waals surface area contributed by atoms with Gasteiger partial charge in [-0.25, -0.2) is 17.9 Å². The summed E-state index contributed by atoms with van der Waals surface area (Å²) in [6, 6.07) is 17.0. The Morgan fingerprint density at radius 3 is 2.59 bits per heavy atom. The zero-order valence-electron chi connectivity index (χ0n) is 18.4. The van der Waals surface area contributed by atoms with Gasteiger partial charge in [-0.3, -0.25) is 4.79 Å². The third kappa shape index (κ3) is 5.00. The quantitative estimate of drug-likeness (QED) is 0.539. The maximum absolute atomic E-state index is 12.8. The monoisotopic (exact) mass is 478 g/mol. The number of rotatable bonds is 6. The Kier molecular flexibility index (Phi) is 6.47. The molecule has 1 N–H and O–H groups in total. The van der Waals surface area contributed by atoms with E-state index in [2.05, 4.69) is 16.5 Å². The first kappa shape index (κ1) is 23.2. The molecule has 10 heteroatoms. The lowest BCUT2D eigenvalue weighted by Gasteiger charge is -2.14. The van der Waals surface area contributed by atoms with Crippen LogP contribution in [-0.2, 0) is 19.4 Å². The minimum Gasteiger partial charge on any atom is -0.452 e. The number of esters is 1. The minimum absolute atomic E-state index is 0.0348. The topological polar surface area (TPSA) is 131 Å². The second-order valence-corrected chi connectivity index (χ2v) is 10.2. The van der Waals surface area contributed by atoms with Crippen molar-refractivity contribution in [1.29, 1.82) is 5.26 Å². The fourth-order valence-corrected chi connectivity index (χ4v) is 5.65. The standard InChI is InChI=1S/C24H22N4O5S/c1-16-12-22(28(27-16)18-10-11-34(31,32)15-18)26-23(29)14-33-24(30)21-9-5-4-8-20(21)19-7-3-2-6-17(19)13-25/h2-9,12,18H,10-11,14-15H2,1H3,(H,26,29). The summed E-state index contributed by atoms with van der Waals surface area (Å²) in [5.74, 6) is -0.887. The number of sulfone groups is 1. The molecule has 0 spiro atoms. The highest BCUT2D eigenvalue weighted by Crippen LogP contribution is 2.28. The molecule has 174 valence electrons. The average molecular weight is 479 g/mol. The van der Waals surface area contributed by atoms with Crippen molar-refractivity contribution >= 4 is 27.5 Å². The zero-order chi connectivity index (χ0) is 24.3. The van der Waals surface area contributed by atoms with Gasteiger partial charge in [-0.15, -0.1) is 0 Å². The molecule has 2 aromatic carbocycles. The molecule has 0 bridgehead atoms. The Bertz CT molecular complexity index is 1400. The lowest BCUT2D eigenvalue weighted by Crippen LogP contribution is -2.24. The van der Waals surface area contributed by atoms with Crippen LogP contribution in [0.4, 0.5) is 5.82 Å². The number of ether oxygens (including phenoxy) is 1. The van der Waals surface area contributed by atoms with Gasteiger partial charge in [-0.05, 0) is 31.0 Å². The summed E-state index contributed by atoms with van der Waals surface area (Å²) in [6.07, 6.45) is 0.419. The number of hydrogen-bond acceptors (Lipinski definition) is 7. The molecule has 3 aromatic rings. The smallest absolute Gasteiger partial charge is 0.339 e. The van der Waals surface area contributed by atoms with Crippen LogP contribution in [0.2, 0.25) is 0 Å². The fraction of sp³-hybridized carbons (Fsp3) is 0.250. The van der Waals surface area contributed by atoms with E-state index in [9.17, 15) is 23.3 Å². The van der Waals surface area contributed by atoms with Crippen molar-refractivity contribution in [3.63, 3.8) is 0 Å². The van der Waals surface area contributed by atoms with E-state index >= 15 is 0 Å². The largest absolute Gasteiger partial charge is 0.452 e. The molecule has 0 radical (unpaired) electrons. The van der Waals surface area contributed by atoms with E-state index in [1.54, 1.807) is 61.5 Å². The molecule has 0 aliphatic carbocycles. The summed E-state index contributed by atoms with van der Waals surface area (Å²) in [5.41, 5.74) is 2.39. The van der Waals surface area contributed by atoms with Gasteiger partial charge in [-0.1, -0.05) is 36.4 Å². The maximum Gasteiger partial charge on any atom is 0.339 e. The SMILES string of the molecule is Cc1cc(NC(=O)COC(=O)c2ccccc2-c2ccccc2C#N)n(C2CCS(=O)(=O)C2)n1.